The van der Waals surface area contributed by atoms with Gasteiger partial charge in [-0.3, -0.25) is 4.57 Å². The second kappa shape index (κ2) is 5.34. The summed E-state index contributed by atoms with van der Waals surface area (Å²) in [4.78, 5) is 14.6. The fourth-order valence-electron chi connectivity index (χ4n) is 2.39. The fourth-order valence-corrected chi connectivity index (χ4v) is 2.39. The number of hydrogen-bond donors (Lipinski definition) is 2. The van der Waals surface area contributed by atoms with Gasteiger partial charge >= 0.3 is 5.82 Å². The lowest BCUT2D eigenvalue weighted by Crippen LogP contribution is -2.30. The molecule has 0 bridgehead atoms. The molecule has 2 rings (SSSR count). The van der Waals surface area contributed by atoms with Crippen LogP contribution in [-0.2, 0) is 6.54 Å². The molecule has 1 aliphatic heterocycles. The average molecular weight is 253 g/mol. The Balaban J connectivity index is 2.15. The van der Waals surface area contributed by atoms with E-state index in [9.17, 15) is 10.1 Å². The number of imidazole rings is 1. The highest BCUT2D eigenvalue weighted by molar-refractivity contribution is 5.53. The van der Waals surface area contributed by atoms with Gasteiger partial charge in [0.25, 0.3) is 0 Å². The first-order valence-electron chi connectivity index (χ1n) is 6.32. The molecule has 0 saturated carbocycles. The van der Waals surface area contributed by atoms with Crippen molar-refractivity contribution in [3.8, 4) is 0 Å². The zero-order valence-corrected chi connectivity index (χ0v) is 10.8. The van der Waals surface area contributed by atoms with Crippen molar-refractivity contribution >= 4 is 11.6 Å². The van der Waals surface area contributed by atoms with E-state index in [-0.39, 0.29) is 5.82 Å². The lowest BCUT2D eigenvalue weighted by Gasteiger charge is -2.13. The van der Waals surface area contributed by atoms with Crippen molar-refractivity contribution in [2.24, 2.45) is 0 Å². The van der Waals surface area contributed by atoms with Crippen LogP contribution in [0, 0.1) is 17.0 Å². The molecule has 7 heteroatoms. The SMILES string of the molecule is CCn1c(C)nc([N+](=O)[O-])c1NCC1CCCN1. The third-order valence-corrected chi connectivity index (χ3v) is 3.31. The number of hydrogen-bond acceptors (Lipinski definition) is 5. The lowest BCUT2D eigenvalue weighted by atomic mass is 10.2. The minimum atomic E-state index is -0.427. The van der Waals surface area contributed by atoms with Crippen molar-refractivity contribution in [1.82, 2.24) is 14.9 Å². The average Bonchev–Trinajstić information content (AvgIpc) is 2.93. The molecule has 1 aromatic heterocycles. The molecule has 1 aromatic rings. The summed E-state index contributed by atoms with van der Waals surface area (Å²) >= 11 is 0. The number of aryl methyl sites for hydroxylation is 1. The van der Waals surface area contributed by atoms with E-state index in [0.717, 1.165) is 13.0 Å². The van der Waals surface area contributed by atoms with E-state index in [0.29, 0.717) is 30.8 Å². The summed E-state index contributed by atoms with van der Waals surface area (Å²) in [6.45, 7) is 6.15. The Hall–Kier alpha value is -1.63. The molecule has 0 aromatic carbocycles. The van der Waals surface area contributed by atoms with Gasteiger partial charge < -0.3 is 20.7 Å². The zero-order chi connectivity index (χ0) is 13.1. The largest absolute Gasteiger partial charge is 0.406 e. The Kier molecular flexibility index (Phi) is 3.81. The summed E-state index contributed by atoms with van der Waals surface area (Å²) in [5.74, 6) is 1.12. The molecule has 0 aliphatic carbocycles. The van der Waals surface area contributed by atoms with Gasteiger partial charge in [-0.15, -0.1) is 0 Å². The van der Waals surface area contributed by atoms with Crippen LogP contribution in [0.4, 0.5) is 11.6 Å². The normalized spacial score (nSPS) is 19.1. The monoisotopic (exact) mass is 253 g/mol. The number of nitro groups is 1. The van der Waals surface area contributed by atoms with E-state index < -0.39 is 4.92 Å². The molecular weight excluding hydrogens is 234 g/mol. The molecule has 1 fully saturated rings. The van der Waals surface area contributed by atoms with Crippen LogP contribution < -0.4 is 10.6 Å². The van der Waals surface area contributed by atoms with Gasteiger partial charge in [0, 0.05) is 26.1 Å². The highest BCUT2D eigenvalue weighted by Gasteiger charge is 2.25. The van der Waals surface area contributed by atoms with Gasteiger partial charge in [0.15, 0.2) is 0 Å². The molecule has 7 nitrogen and oxygen atoms in total. The van der Waals surface area contributed by atoms with Crippen molar-refractivity contribution < 1.29 is 4.92 Å². The molecule has 1 unspecified atom stereocenters. The van der Waals surface area contributed by atoms with Crippen molar-refractivity contribution in [3.05, 3.63) is 15.9 Å². The van der Waals surface area contributed by atoms with E-state index in [1.54, 1.807) is 6.92 Å². The second-order valence-corrected chi connectivity index (χ2v) is 4.51. The van der Waals surface area contributed by atoms with Crippen molar-refractivity contribution in [1.29, 1.82) is 0 Å². The van der Waals surface area contributed by atoms with Gasteiger partial charge in [0.05, 0.1) is 0 Å². The van der Waals surface area contributed by atoms with Crippen LogP contribution in [0.5, 0.6) is 0 Å². The zero-order valence-electron chi connectivity index (χ0n) is 10.8. The van der Waals surface area contributed by atoms with Crippen LogP contribution in [0.25, 0.3) is 0 Å². The third kappa shape index (κ3) is 2.45. The Morgan fingerprint density at radius 2 is 2.44 bits per heavy atom. The van der Waals surface area contributed by atoms with Gasteiger partial charge in [-0.2, -0.15) is 0 Å². The van der Waals surface area contributed by atoms with Gasteiger partial charge in [-0.1, -0.05) is 0 Å². The van der Waals surface area contributed by atoms with Crippen LogP contribution in [0.2, 0.25) is 0 Å². The maximum atomic E-state index is 11.0. The van der Waals surface area contributed by atoms with Crippen molar-refractivity contribution in [3.63, 3.8) is 0 Å². The number of aromatic nitrogens is 2. The fraction of sp³-hybridized carbons (Fsp3) is 0.727. The van der Waals surface area contributed by atoms with E-state index in [1.807, 2.05) is 11.5 Å². The molecule has 2 N–H and O–H groups in total. The minimum Gasteiger partial charge on any atom is -0.363 e. The van der Waals surface area contributed by atoms with Crippen LogP contribution in [-0.4, -0.2) is 33.6 Å². The van der Waals surface area contributed by atoms with Crippen LogP contribution in [0.15, 0.2) is 0 Å². The highest BCUT2D eigenvalue weighted by Crippen LogP contribution is 2.25. The summed E-state index contributed by atoms with van der Waals surface area (Å²) in [6.07, 6.45) is 2.28. The summed E-state index contributed by atoms with van der Waals surface area (Å²) in [6, 6.07) is 0.394. The Bertz CT molecular complexity index is 437. The molecule has 1 atom stereocenters. The van der Waals surface area contributed by atoms with Gasteiger partial charge in [-0.05, 0) is 36.2 Å². The van der Waals surface area contributed by atoms with Crippen LogP contribution in [0.3, 0.4) is 0 Å². The number of nitrogens with one attached hydrogen (secondary N) is 2. The first-order chi connectivity index (χ1) is 8.63. The standard InChI is InChI=1S/C11H19N5O2/c1-3-15-8(2)14-11(16(17)18)10(15)13-7-9-5-4-6-12-9/h9,12-13H,3-7H2,1-2H3. The predicted molar refractivity (Wildman–Crippen MR) is 68.8 cm³/mol. The molecule has 0 amide bonds. The maximum Gasteiger partial charge on any atom is 0.406 e. The van der Waals surface area contributed by atoms with E-state index in [2.05, 4.69) is 15.6 Å². The Labute approximate surface area is 106 Å². The van der Waals surface area contributed by atoms with E-state index in [1.165, 1.54) is 6.42 Å². The topological polar surface area (TPSA) is 85.0 Å². The smallest absolute Gasteiger partial charge is 0.363 e. The third-order valence-electron chi connectivity index (χ3n) is 3.31. The first kappa shape index (κ1) is 12.8. The van der Waals surface area contributed by atoms with Gasteiger partial charge in [0.2, 0.25) is 11.6 Å². The van der Waals surface area contributed by atoms with E-state index >= 15 is 0 Å². The molecule has 1 aliphatic rings. The quantitative estimate of drug-likeness (QED) is 0.610. The molecular formula is C11H19N5O2. The second-order valence-electron chi connectivity index (χ2n) is 4.51. The van der Waals surface area contributed by atoms with Crippen LogP contribution in [0.1, 0.15) is 25.6 Å². The summed E-state index contributed by atoms with van der Waals surface area (Å²) in [5.41, 5.74) is 0. The molecule has 2 heterocycles. The summed E-state index contributed by atoms with van der Waals surface area (Å²) in [5, 5.41) is 17.5. The minimum absolute atomic E-state index is 0.0765. The number of anilines is 1. The van der Waals surface area contributed by atoms with Crippen molar-refractivity contribution in [2.45, 2.75) is 39.3 Å². The molecule has 18 heavy (non-hydrogen) atoms. The van der Waals surface area contributed by atoms with Crippen LogP contribution >= 0.6 is 0 Å². The van der Waals surface area contributed by atoms with E-state index in [4.69, 9.17) is 0 Å². The first-order valence-corrected chi connectivity index (χ1v) is 6.32. The Morgan fingerprint density at radius 1 is 1.67 bits per heavy atom. The lowest BCUT2D eigenvalue weighted by molar-refractivity contribution is -0.388. The summed E-state index contributed by atoms with van der Waals surface area (Å²) < 4.78 is 1.84. The molecule has 100 valence electrons. The molecule has 1 saturated heterocycles. The molecule has 0 radical (unpaired) electrons. The number of nitrogens with zero attached hydrogens (tertiary/aromatic N) is 3. The number of rotatable bonds is 5. The maximum absolute atomic E-state index is 11.0. The highest BCUT2D eigenvalue weighted by atomic mass is 16.6. The van der Waals surface area contributed by atoms with Crippen molar-refractivity contribution in [2.75, 3.05) is 18.4 Å². The molecule has 0 spiro atoms. The Morgan fingerprint density at radius 3 is 3.00 bits per heavy atom. The van der Waals surface area contributed by atoms with Gasteiger partial charge in [-0.25, -0.2) is 0 Å². The predicted octanol–water partition coefficient (Wildman–Crippen LogP) is 1.28. The van der Waals surface area contributed by atoms with Gasteiger partial charge in [0.1, 0.15) is 0 Å². The summed E-state index contributed by atoms with van der Waals surface area (Å²) in [7, 11) is 0.